The van der Waals surface area contributed by atoms with Crippen LogP contribution < -0.4 is 15.5 Å². The molecule has 2 N–H and O–H groups in total. The van der Waals surface area contributed by atoms with E-state index in [1.54, 1.807) is 10.3 Å². The van der Waals surface area contributed by atoms with Crippen LogP contribution in [0.4, 0.5) is 13.9 Å². The molecule has 1 aliphatic rings. The lowest BCUT2D eigenvalue weighted by molar-refractivity contribution is -0.128. The molecule has 1 fully saturated rings. The van der Waals surface area contributed by atoms with Crippen LogP contribution in [0.3, 0.4) is 0 Å². The Morgan fingerprint density at radius 3 is 2.75 bits per heavy atom. The van der Waals surface area contributed by atoms with Crippen LogP contribution in [0.15, 0.2) is 23.6 Å². The molecule has 0 saturated carbocycles. The van der Waals surface area contributed by atoms with Gasteiger partial charge in [-0.15, -0.1) is 11.3 Å². The van der Waals surface area contributed by atoms with Crippen LogP contribution in [-0.4, -0.2) is 36.3 Å². The zero-order valence-corrected chi connectivity index (χ0v) is 15.8. The van der Waals surface area contributed by atoms with Gasteiger partial charge < -0.3 is 10.6 Å². The van der Waals surface area contributed by atoms with Gasteiger partial charge in [0.25, 0.3) is 0 Å². The zero-order valence-electron chi connectivity index (χ0n) is 15.0. The van der Waals surface area contributed by atoms with Crippen molar-refractivity contribution in [3.8, 4) is 0 Å². The van der Waals surface area contributed by atoms with Crippen LogP contribution >= 0.6 is 11.3 Å². The number of aromatic nitrogens is 1. The Hall–Kier alpha value is -2.88. The molecule has 1 aromatic heterocycles. The minimum absolute atomic E-state index is 0.00312. The standard InChI is InChI=1S/C18H18F2N4O3S/c1-21-17(27)16(10-4-5-12(19)13(20)7-10)23-14(25)8-11-9-28-18(22-11)24-6-2-3-15(24)26/h4-5,7,9,16H,2-3,6,8H2,1H3,(H,21,27)(H,23,25). The number of halogens is 2. The molecule has 1 aliphatic heterocycles. The highest BCUT2D eigenvalue weighted by Gasteiger charge is 2.26. The fourth-order valence-corrected chi connectivity index (χ4v) is 3.73. The molecule has 0 bridgehead atoms. The number of thiazole rings is 1. The van der Waals surface area contributed by atoms with Crippen molar-refractivity contribution in [3.05, 3.63) is 46.5 Å². The van der Waals surface area contributed by atoms with Crippen molar-refractivity contribution in [3.63, 3.8) is 0 Å². The molecule has 28 heavy (non-hydrogen) atoms. The Balaban J connectivity index is 1.70. The molecule has 3 rings (SSSR count). The average molecular weight is 408 g/mol. The fraction of sp³-hybridized carbons (Fsp3) is 0.333. The average Bonchev–Trinajstić information content (AvgIpc) is 3.30. The van der Waals surface area contributed by atoms with Gasteiger partial charge in [0.2, 0.25) is 17.7 Å². The van der Waals surface area contributed by atoms with E-state index in [-0.39, 0.29) is 17.9 Å². The minimum Gasteiger partial charge on any atom is -0.357 e. The first kappa shape index (κ1) is 19.9. The van der Waals surface area contributed by atoms with E-state index >= 15 is 0 Å². The Labute approximate surface area is 163 Å². The van der Waals surface area contributed by atoms with Crippen LogP contribution in [0, 0.1) is 11.6 Å². The summed E-state index contributed by atoms with van der Waals surface area (Å²) in [5.74, 6) is -3.23. The summed E-state index contributed by atoms with van der Waals surface area (Å²) in [5, 5.41) is 7.11. The molecule has 2 heterocycles. The topological polar surface area (TPSA) is 91.4 Å². The summed E-state index contributed by atoms with van der Waals surface area (Å²) in [6.07, 6.45) is 1.14. The highest BCUT2D eigenvalue weighted by molar-refractivity contribution is 7.14. The van der Waals surface area contributed by atoms with Gasteiger partial charge in [0.1, 0.15) is 6.04 Å². The highest BCUT2D eigenvalue weighted by Crippen LogP contribution is 2.25. The quantitative estimate of drug-likeness (QED) is 0.761. The number of hydrogen-bond donors (Lipinski definition) is 2. The highest BCUT2D eigenvalue weighted by atomic mass is 32.1. The van der Waals surface area contributed by atoms with Gasteiger partial charge in [-0.3, -0.25) is 19.3 Å². The lowest BCUT2D eigenvalue weighted by Crippen LogP contribution is -2.39. The number of carbonyl (C=O) groups excluding carboxylic acids is 3. The maximum absolute atomic E-state index is 13.5. The van der Waals surface area contributed by atoms with Gasteiger partial charge >= 0.3 is 0 Å². The molecule has 7 nitrogen and oxygen atoms in total. The van der Waals surface area contributed by atoms with Crippen molar-refractivity contribution in [2.75, 3.05) is 18.5 Å². The SMILES string of the molecule is CNC(=O)C(NC(=O)Cc1csc(N2CCCC2=O)n1)c1ccc(F)c(F)c1. The number of rotatable bonds is 6. The monoisotopic (exact) mass is 408 g/mol. The number of likely N-dealkylation sites (N-methyl/N-ethyl adjacent to an activating group) is 1. The molecular weight excluding hydrogens is 390 g/mol. The van der Waals surface area contributed by atoms with E-state index in [4.69, 9.17) is 0 Å². The molecule has 3 amide bonds. The third-order valence-electron chi connectivity index (χ3n) is 4.28. The molecule has 1 saturated heterocycles. The smallest absolute Gasteiger partial charge is 0.246 e. The van der Waals surface area contributed by atoms with E-state index in [2.05, 4.69) is 15.6 Å². The summed E-state index contributed by atoms with van der Waals surface area (Å²) >= 11 is 1.27. The predicted octanol–water partition coefficient (Wildman–Crippen LogP) is 1.69. The Morgan fingerprint density at radius 2 is 2.11 bits per heavy atom. The normalized spacial score (nSPS) is 14.8. The third-order valence-corrected chi connectivity index (χ3v) is 5.19. The number of carbonyl (C=O) groups is 3. The van der Waals surface area contributed by atoms with Gasteiger partial charge in [-0.1, -0.05) is 6.07 Å². The van der Waals surface area contributed by atoms with Crippen molar-refractivity contribution in [1.29, 1.82) is 0 Å². The molecule has 1 unspecified atom stereocenters. The van der Waals surface area contributed by atoms with Gasteiger partial charge in [-0.05, 0) is 24.1 Å². The van der Waals surface area contributed by atoms with Crippen molar-refractivity contribution in [2.24, 2.45) is 0 Å². The van der Waals surface area contributed by atoms with Crippen molar-refractivity contribution < 1.29 is 23.2 Å². The van der Waals surface area contributed by atoms with E-state index in [1.165, 1.54) is 24.5 Å². The minimum atomic E-state index is -1.18. The van der Waals surface area contributed by atoms with Gasteiger partial charge in [0, 0.05) is 25.4 Å². The Morgan fingerprint density at radius 1 is 1.32 bits per heavy atom. The van der Waals surface area contributed by atoms with E-state index in [1.807, 2.05) is 0 Å². The van der Waals surface area contributed by atoms with Crippen LogP contribution in [0.2, 0.25) is 0 Å². The first-order chi connectivity index (χ1) is 13.4. The largest absolute Gasteiger partial charge is 0.357 e. The predicted molar refractivity (Wildman–Crippen MR) is 98.7 cm³/mol. The van der Waals surface area contributed by atoms with Crippen LogP contribution in [0.1, 0.15) is 30.1 Å². The molecule has 0 spiro atoms. The number of nitrogens with one attached hydrogen (secondary N) is 2. The summed E-state index contributed by atoms with van der Waals surface area (Å²) in [6, 6.07) is 1.83. The maximum Gasteiger partial charge on any atom is 0.246 e. The molecule has 10 heteroatoms. The number of hydrogen-bond acceptors (Lipinski definition) is 5. The van der Waals surface area contributed by atoms with Gasteiger partial charge in [-0.25, -0.2) is 13.8 Å². The summed E-state index contributed by atoms with van der Waals surface area (Å²) < 4.78 is 26.7. The summed E-state index contributed by atoms with van der Waals surface area (Å²) in [6.45, 7) is 0.604. The molecule has 1 aromatic carbocycles. The van der Waals surface area contributed by atoms with Gasteiger partial charge in [-0.2, -0.15) is 0 Å². The fourth-order valence-electron chi connectivity index (χ4n) is 2.86. The Bertz CT molecular complexity index is 918. The van der Waals surface area contributed by atoms with Gasteiger partial charge in [0.05, 0.1) is 12.1 Å². The molecule has 148 valence electrons. The molecule has 2 aromatic rings. The number of benzene rings is 1. The van der Waals surface area contributed by atoms with E-state index < -0.39 is 29.5 Å². The van der Waals surface area contributed by atoms with E-state index in [9.17, 15) is 23.2 Å². The van der Waals surface area contributed by atoms with Crippen molar-refractivity contribution in [2.45, 2.75) is 25.3 Å². The first-order valence-corrected chi connectivity index (χ1v) is 9.47. The third kappa shape index (κ3) is 4.33. The summed E-state index contributed by atoms with van der Waals surface area (Å²) in [5.41, 5.74) is 0.575. The van der Waals surface area contributed by atoms with E-state index in [0.29, 0.717) is 23.8 Å². The van der Waals surface area contributed by atoms with Crippen LogP contribution in [0.25, 0.3) is 0 Å². The molecule has 1 atom stereocenters. The molecular formula is C18H18F2N4O3S. The van der Waals surface area contributed by atoms with Crippen molar-refractivity contribution >= 4 is 34.2 Å². The first-order valence-electron chi connectivity index (χ1n) is 8.59. The summed E-state index contributed by atoms with van der Waals surface area (Å²) in [4.78, 5) is 42.2. The molecule has 0 radical (unpaired) electrons. The van der Waals surface area contributed by atoms with Crippen molar-refractivity contribution in [1.82, 2.24) is 15.6 Å². The second-order valence-corrected chi connectivity index (χ2v) is 7.07. The van der Waals surface area contributed by atoms with E-state index in [0.717, 1.165) is 18.6 Å². The number of nitrogens with zero attached hydrogens (tertiary/aromatic N) is 2. The van der Waals surface area contributed by atoms with Crippen LogP contribution in [0.5, 0.6) is 0 Å². The van der Waals surface area contributed by atoms with Crippen LogP contribution in [-0.2, 0) is 20.8 Å². The summed E-state index contributed by atoms with van der Waals surface area (Å²) in [7, 11) is 1.38. The lowest BCUT2D eigenvalue weighted by Gasteiger charge is -2.17. The zero-order chi connectivity index (χ0) is 20.3. The van der Waals surface area contributed by atoms with Gasteiger partial charge in [0.15, 0.2) is 16.8 Å². The second kappa shape index (κ2) is 8.42. The lowest BCUT2D eigenvalue weighted by atomic mass is 10.1. The number of amides is 3. The molecule has 0 aliphatic carbocycles. The second-order valence-electron chi connectivity index (χ2n) is 6.24. The number of anilines is 1. The maximum atomic E-state index is 13.5. The Kier molecular flexibility index (Phi) is 5.98.